The van der Waals surface area contributed by atoms with E-state index in [4.69, 9.17) is 16.3 Å². The van der Waals surface area contributed by atoms with Crippen LogP contribution in [0.25, 0.3) is 0 Å². The van der Waals surface area contributed by atoms with Crippen LogP contribution in [-0.2, 0) is 4.74 Å². The Kier molecular flexibility index (Phi) is 6.22. The molecule has 0 unspecified atom stereocenters. The second kappa shape index (κ2) is 7.45. The molecule has 0 N–H and O–H groups in total. The third kappa shape index (κ3) is 4.48. The summed E-state index contributed by atoms with van der Waals surface area (Å²) in [5.74, 6) is 0.277. The lowest BCUT2D eigenvalue weighted by Crippen LogP contribution is -2.01. The number of thiophene rings is 1. The molecule has 0 radical (unpaired) electrons. The van der Waals surface area contributed by atoms with Crippen LogP contribution in [0.1, 0.15) is 45.5 Å². The molecule has 0 saturated heterocycles. The zero-order chi connectivity index (χ0) is 12.7. The highest BCUT2D eigenvalue weighted by atomic mass is 35.5. The van der Waals surface area contributed by atoms with E-state index in [-0.39, 0.29) is 11.8 Å². The van der Waals surface area contributed by atoms with Gasteiger partial charge in [-0.25, -0.2) is 4.79 Å². The van der Waals surface area contributed by atoms with Gasteiger partial charge in [0.15, 0.2) is 5.78 Å². The molecular weight excluding hydrogens is 260 g/mol. The van der Waals surface area contributed by atoms with Crippen LogP contribution in [0.3, 0.4) is 0 Å². The number of ketones is 1. The van der Waals surface area contributed by atoms with Gasteiger partial charge < -0.3 is 4.74 Å². The van der Waals surface area contributed by atoms with E-state index in [0.29, 0.717) is 28.7 Å². The van der Waals surface area contributed by atoms with Crippen molar-refractivity contribution in [2.24, 2.45) is 0 Å². The first-order valence-corrected chi connectivity index (χ1v) is 6.90. The SMILES string of the molecule is CCOC(=O)c1ccc(C(=O)CCCCCl)s1. The zero-order valence-corrected chi connectivity index (χ0v) is 11.3. The molecule has 1 aromatic rings. The van der Waals surface area contributed by atoms with E-state index < -0.39 is 0 Å². The summed E-state index contributed by atoms with van der Waals surface area (Å²) in [6.45, 7) is 2.10. The predicted octanol–water partition coefficient (Wildman–Crippen LogP) is 3.52. The molecule has 0 atom stereocenters. The molecule has 1 heterocycles. The molecule has 1 rings (SSSR count). The number of carbonyl (C=O) groups excluding carboxylic acids is 2. The molecule has 3 nitrogen and oxygen atoms in total. The minimum Gasteiger partial charge on any atom is -0.462 e. The van der Waals surface area contributed by atoms with Crippen LogP contribution in [0.2, 0.25) is 0 Å². The highest BCUT2D eigenvalue weighted by molar-refractivity contribution is 7.15. The van der Waals surface area contributed by atoms with Gasteiger partial charge in [-0.05, 0) is 31.9 Å². The highest BCUT2D eigenvalue weighted by Gasteiger charge is 2.13. The van der Waals surface area contributed by atoms with Crippen LogP contribution >= 0.6 is 22.9 Å². The third-order valence-corrected chi connectivity index (χ3v) is 3.52. The molecule has 0 saturated carbocycles. The topological polar surface area (TPSA) is 43.4 Å². The average molecular weight is 275 g/mol. The Labute approximate surface area is 110 Å². The first kappa shape index (κ1) is 14.2. The van der Waals surface area contributed by atoms with Crippen molar-refractivity contribution in [2.45, 2.75) is 26.2 Å². The maximum absolute atomic E-state index is 11.7. The number of rotatable bonds is 7. The third-order valence-electron chi connectivity index (χ3n) is 2.14. The smallest absolute Gasteiger partial charge is 0.348 e. The van der Waals surface area contributed by atoms with Crippen molar-refractivity contribution in [3.63, 3.8) is 0 Å². The van der Waals surface area contributed by atoms with E-state index in [1.807, 2.05) is 0 Å². The maximum atomic E-state index is 11.7. The van der Waals surface area contributed by atoms with E-state index in [1.54, 1.807) is 19.1 Å². The number of alkyl halides is 1. The maximum Gasteiger partial charge on any atom is 0.348 e. The Hall–Kier alpha value is -0.870. The standard InChI is InChI=1S/C12H15ClO3S/c1-2-16-12(15)11-7-6-10(17-11)9(14)5-3-4-8-13/h6-7H,2-5,8H2,1H3. The predicted molar refractivity (Wildman–Crippen MR) is 69.2 cm³/mol. The first-order valence-electron chi connectivity index (χ1n) is 5.55. The van der Waals surface area contributed by atoms with Crippen LogP contribution in [0.5, 0.6) is 0 Å². The van der Waals surface area contributed by atoms with E-state index >= 15 is 0 Å². The van der Waals surface area contributed by atoms with E-state index in [2.05, 4.69) is 0 Å². The Morgan fingerprint density at radius 2 is 2.00 bits per heavy atom. The van der Waals surface area contributed by atoms with Crippen LogP contribution < -0.4 is 0 Å². The minimum absolute atomic E-state index is 0.0654. The van der Waals surface area contributed by atoms with Gasteiger partial charge in [0.25, 0.3) is 0 Å². The van der Waals surface area contributed by atoms with Crippen molar-refractivity contribution < 1.29 is 14.3 Å². The Bertz CT molecular complexity index is 387. The van der Waals surface area contributed by atoms with Gasteiger partial charge in [-0.15, -0.1) is 22.9 Å². The fraction of sp³-hybridized carbons (Fsp3) is 0.500. The van der Waals surface area contributed by atoms with Crippen LogP contribution in [-0.4, -0.2) is 24.2 Å². The lowest BCUT2D eigenvalue weighted by Gasteiger charge is -1.97. The number of ether oxygens (including phenoxy) is 1. The summed E-state index contributed by atoms with van der Waals surface area (Å²) < 4.78 is 4.86. The van der Waals surface area contributed by atoms with Gasteiger partial charge in [0.05, 0.1) is 11.5 Å². The summed E-state index contributed by atoms with van der Waals surface area (Å²) in [5.41, 5.74) is 0. The summed E-state index contributed by atoms with van der Waals surface area (Å²) in [5, 5.41) is 0. The highest BCUT2D eigenvalue weighted by Crippen LogP contribution is 2.20. The summed E-state index contributed by atoms with van der Waals surface area (Å²) in [4.78, 5) is 24.2. The number of halogens is 1. The molecule has 0 bridgehead atoms. The fourth-order valence-corrected chi connectivity index (χ4v) is 2.36. The lowest BCUT2D eigenvalue weighted by atomic mass is 10.1. The Morgan fingerprint density at radius 1 is 1.29 bits per heavy atom. The second-order valence-electron chi connectivity index (χ2n) is 3.45. The molecule has 5 heteroatoms. The quantitative estimate of drug-likeness (QED) is 0.331. The van der Waals surface area contributed by atoms with Crippen LogP contribution in [0.4, 0.5) is 0 Å². The van der Waals surface area contributed by atoms with Crippen molar-refractivity contribution in [1.82, 2.24) is 0 Å². The average Bonchev–Trinajstić information content (AvgIpc) is 2.79. The Balaban J connectivity index is 2.55. The summed E-state index contributed by atoms with van der Waals surface area (Å²) >= 11 is 6.73. The van der Waals surface area contributed by atoms with Crippen LogP contribution in [0.15, 0.2) is 12.1 Å². The summed E-state index contributed by atoms with van der Waals surface area (Å²) in [6, 6.07) is 3.32. The van der Waals surface area contributed by atoms with Gasteiger partial charge in [-0.2, -0.15) is 0 Å². The molecule has 0 aromatic carbocycles. The molecule has 0 fully saturated rings. The van der Waals surface area contributed by atoms with Crippen molar-refractivity contribution in [3.05, 3.63) is 21.9 Å². The second-order valence-corrected chi connectivity index (χ2v) is 4.92. The van der Waals surface area contributed by atoms with E-state index in [9.17, 15) is 9.59 Å². The van der Waals surface area contributed by atoms with Gasteiger partial charge in [0.1, 0.15) is 4.88 Å². The molecule has 0 aliphatic rings. The van der Waals surface area contributed by atoms with Gasteiger partial charge in [-0.1, -0.05) is 0 Å². The minimum atomic E-state index is -0.364. The monoisotopic (exact) mass is 274 g/mol. The fourth-order valence-electron chi connectivity index (χ4n) is 1.30. The molecular formula is C12H15ClO3S. The van der Waals surface area contributed by atoms with Crippen molar-refractivity contribution >= 4 is 34.7 Å². The lowest BCUT2D eigenvalue weighted by molar-refractivity contribution is 0.0532. The number of unbranched alkanes of at least 4 members (excludes halogenated alkanes) is 1. The molecule has 1 aromatic heterocycles. The van der Waals surface area contributed by atoms with Crippen molar-refractivity contribution in [1.29, 1.82) is 0 Å². The van der Waals surface area contributed by atoms with Crippen LogP contribution in [0, 0.1) is 0 Å². The normalized spacial score (nSPS) is 10.2. The zero-order valence-electron chi connectivity index (χ0n) is 9.70. The number of carbonyl (C=O) groups is 2. The van der Waals surface area contributed by atoms with E-state index in [0.717, 1.165) is 12.8 Å². The molecule has 0 aliphatic carbocycles. The van der Waals surface area contributed by atoms with Gasteiger partial charge in [0.2, 0.25) is 0 Å². The first-order chi connectivity index (χ1) is 8.19. The molecule has 17 heavy (non-hydrogen) atoms. The number of hydrogen-bond acceptors (Lipinski definition) is 4. The van der Waals surface area contributed by atoms with E-state index in [1.165, 1.54) is 11.3 Å². The van der Waals surface area contributed by atoms with Gasteiger partial charge in [-0.3, -0.25) is 4.79 Å². The number of esters is 1. The van der Waals surface area contributed by atoms with Gasteiger partial charge in [0, 0.05) is 12.3 Å². The Morgan fingerprint density at radius 3 is 2.65 bits per heavy atom. The summed E-state index contributed by atoms with van der Waals surface area (Å²) in [7, 11) is 0. The molecule has 0 aliphatic heterocycles. The number of Topliss-reactive ketones (excluding diaryl/α,β-unsaturated/α-hetero) is 1. The van der Waals surface area contributed by atoms with Crippen molar-refractivity contribution in [3.8, 4) is 0 Å². The number of hydrogen-bond donors (Lipinski definition) is 0. The van der Waals surface area contributed by atoms with Crippen molar-refractivity contribution in [2.75, 3.05) is 12.5 Å². The van der Waals surface area contributed by atoms with Gasteiger partial charge >= 0.3 is 5.97 Å². The molecule has 0 spiro atoms. The molecule has 0 amide bonds. The molecule has 94 valence electrons. The summed E-state index contributed by atoms with van der Waals surface area (Å²) in [6.07, 6.45) is 2.11. The largest absolute Gasteiger partial charge is 0.462 e.